The van der Waals surface area contributed by atoms with Gasteiger partial charge in [0, 0.05) is 19.0 Å². The molecule has 2 unspecified atom stereocenters. The van der Waals surface area contributed by atoms with Crippen molar-refractivity contribution in [3.8, 4) is 5.88 Å². The summed E-state index contributed by atoms with van der Waals surface area (Å²) in [7, 11) is 0. The van der Waals surface area contributed by atoms with Gasteiger partial charge in [-0.3, -0.25) is 29.1 Å². The van der Waals surface area contributed by atoms with Crippen molar-refractivity contribution in [1.29, 1.82) is 0 Å². The van der Waals surface area contributed by atoms with Crippen LogP contribution < -0.4 is 21.9 Å². The quantitative estimate of drug-likeness (QED) is 0.267. The van der Waals surface area contributed by atoms with Gasteiger partial charge >= 0.3 is 5.69 Å². The number of aromatic amines is 2. The fraction of sp³-hybridized carbons (Fsp3) is 0.231. The molecule has 1 aliphatic rings. The lowest BCUT2D eigenvalue weighted by atomic mass is 10.00. The number of aliphatic carboxylic acids is 1. The molecule has 12 nitrogen and oxygen atoms in total. The number of nitrogens with zero attached hydrogens (tertiary/aromatic N) is 1. The van der Waals surface area contributed by atoms with Crippen molar-refractivity contribution in [2.24, 2.45) is 4.99 Å². The number of thioether (sulfide) groups is 1. The number of nitrogens with one attached hydrogen (secondary N) is 4. The number of aliphatic imine (C=N–C) groups is 1. The van der Waals surface area contributed by atoms with E-state index in [1.807, 2.05) is 38.1 Å². The van der Waals surface area contributed by atoms with Crippen molar-refractivity contribution in [3.63, 3.8) is 0 Å². The highest BCUT2D eigenvalue weighted by Gasteiger charge is 2.33. The van der Waals surface area contributed by atoms with Crippen LogP contribution in [0.1, 0.15) is 41.6 Å². The molecule has 3 aromatic rings. The lowest BCUT2D eigenvalue weighted by molar-refractivity contribution is -0.134. The van der Waals surface area contributed by atoms with E-state index in [-0.39, 0.29) is 23.1 Å². The van der Waals surface area contributed by atoms with Gasteiger partial charge in [-0.25, -0.2) is 9.79 Å². The Hall–Kier alpha value is -4.65. The monoisotopic (exact) mass is 553 g/mol. The standard InChI is InChI=1S/C24H23N5O5S.C2H4O2/c1-12-3-7-14(8-4-12)19(18-21(32)27-23(34)28-22(18)33)26-24-29-20(31)16(35-24)11-17(30)25-15-9-5-13(2)6-10-15;1-2(3)4/h3-10,16,19H,11H2,1-2H3,(H,25,30)(H,26,29,31)(H3,27,28,32,33,34);1H3,(H,3,4). The molecule has 2 heterocycles. The summed E-state index contributed by atoms with van der Waals surface area (Å²) in [5.74, 6) is -2.17. The maximum absolute atomic E-state index is 12.5. The van der Waals surface area contributed by atoms with E-state index < -0.39 is 40.3 Å². The summed E-state index contributed by atoms with van der Waals surface area (Å²) in [5.41, 5.74) is 1.40. The van der Waals surface area contributed by atoms with Crippen molar-refractivity contribution in [2.45, 2.75) is 38.5 Å². The summed E-state index contributed by atoms with van der Waals surface area (Å²) in [6.07, 6.45) is -0.0803. The molecule has 0 saturated carbocycles. The van der Waals surface area contributed by atoms with Gasteiger partial charge in [0.25, 0.3) is 11.5 Å². The summed E-state index contributed by atoms with van der Waals surface area (Å²) < 4.78 is 0. The molecule has 204 valence electrons. The molecular weight excluding hydrogens is 526 g/mol. The number of H-pyrrole nitrogens is 2. The normalized spacial score (nSPS) is 16.1. The lowest BCUT2D eigenvalue weighted by Gasteiger charge is -2.14. The first kappa shape index (κ1) is 28.9. The second-order valence-electron chi connectivity index (χ2n) is 8.65. The summed E-state index contributed by atoms with van der Waals surface area (Å²) in [5, 5.41) is 22.6. The Labute approximate surface area is 226 Å². The summed E-state index contributed by atoms with van der Waals surface area (Å²) in [6.45, 7) is 4.92. The number of rotatable bonds is 6. The number of carboxylic acid groups (broad SMARTS) is 1. The van der Waals surface area contributed by atoms with Gasteiger partial charge in [0.2, 0.25) is 17.7 Å². The van der Waals surface area contributed by atoms with Crippen LogP contribution in [-0.2, 0) is 14.4 Å². The topological polar surface area (TPSA) is 194 Å². The molecule has 2 aromatic carbocycles. The Balaban J connectivity index is 0.000000983. The van der Waals surface area contributed by atoms with Crippen LogP contribution in [-0.4, -0.2) is 48.4 Å². The Morgan fingerprint density at radius 3 is 2.13 bits per heavy atom. The van der Waals surface area contributed by atoms with Gasteiger partial charge in [-0.2, -0.15) is 0 Å². The number of aromatic nitrogens is 2. The first-order valence-electron chi connectivity index (χ1n) is 11.7. The number of carbonyl (C=O) groups is 3. The number of carboxylic acids is 1. The Kier molecular flexibility index (Phi) is 9.44. The third-order valence-corrected chi connectivity index (χ3v) is 6.45. The van der Waals surface area contributed by atoms with Gasteiger partial charge in [0.15, 0.2) is 5.17 Å². The van der Waals surface area contributed by atoms with Gasteiger partial charge in [-0.15, -0.1) is 0 Å². The van der Waals surface area contributed by atoms with Crippen molar-refractivity contribution in [1.82, 2.24) is 15.3 Å². The van der Waals surface area contributed by atoms with Crippen LogP contribution in [0.5, 0.6) is 5.88 Å². The zero-order chi connectivity index (χ0) is 28.7. The minimum Gasteiger partial charge on any atom is -0.494 e. The van der Waals surface area contributed by atoms with Crippen LogP contribution in [0.2, 0.25) is 0 Å². The Morgan fingerprint density at radius 1 is 1.00 bits per heavy atom. The fourth-order valence-electron chi connectivity index (χ4n) is 3.53. The molecule has 1 fully saturated rings. The first-order chi connectivity index (χ1) is 18.4. The molecule has 1 aromatic heterocycles. The zero-order valence-corrected chi connectivity index (χ0v) is 22.1. The molecular formula is C26H27N5O7S. The molecule has 13 heteroatoms. The van der Waals surface area contributed by atoms with E-state index in [2.05, 4.69) is 25.6 Å². The second-order valence-corrected chi connectivity index (χ2v) is 9.84. The first-order valence-corrected chi connectivity index (χ1v) is 12.5. The maximum atomic E-state index is 12.5. The van der Waals surface area contributed by atoms with Crippen LogP contribution in [0.4, 0.5) is 5.69 Å². The number of carbonyl (C=O) groups excluding carboxylic acids is 2. The molecule has 0 bridgehead atoms. The van der Waals surface area contributed by atoms with Crippen molar-refractivity contribution in [2.75, 3.05) is 5.32 Å². The average molecular weight is 554 g/mol. The predicted molar refractivity (Wildman–Crippen MR) is 147 cm³/mol. The molecule has 1 aliphatic heterocycles. The number of hydrogen-bond donors (Lipinski definition) is 6. The molecule has 4 rings (SSSR count). The van der Waals surface area contributed by atoms with E-state index in [0.29, 0.717) is 11.3 Å². The molecule has 1 saturated heterocycles. The van der Waals surface area contributed by atoms with Crippen LogP contribution in [0.3, 0.4) is 0 Å². The van der Waals surface area contributed by atoms with E-state index in [4.69, 9.17) is 9.90 Å². The second kappa shape index (κ2) is 12.7. The summed E-state index contributed by atoms with van der Waals surface area (Å²) >= 11 is 1.06. The zero-order valence-electron chi connectivity index (χ0n) is 21.3. The average Bonchev–Trinajstić information content (AvgIpc) is 3.18. The molecule has 39 heavy (non-hydrogen) atoms. The largest absolute Gasteiger partial charge is 0.494 e. The third kappa shape index (κ3) is 8.17. The summed E-state index contributed by atoms with van der Waals surface area (Å²) in [6, 6.07) is 13.4. The molecule has 6 N–H and O–H groups in total. The van der Waals surface area contributed by atoms with Gasteiger partial charge in [0.1, 0.15) is 16.9 Å². The SMILES string of the molecule is CC(=O)O.Cc1ccc(NC(=O)CC2SC(=NC(c3ccc(C)cc3)c3c(O)[nH]c(=O)[nH]c3=O)NC2=O)cc1. The smallest absolute Gasteiger partial charge is 0.328 e. The van der Waals surface area contributed by atoms with E-state index in [0.717, 1.165) is 29.8 Å². The predicted octanol–water partition coefficient (Wildman–Crippen LogP) is 2.18. The van der Waals surface area contributed by atoms with E-state index >= 15 is 0 Å². The van der Waals surface area contributed by atoms with Crippen molar-refractivity contribution >= 4 is 40.4 Å². The highest BCUT2D eigenvalue weighted by molar-refractivity contribution is 8.15. The number of amides is 2. The number of anilines is 1. The third-order valence-electron chi connectivity index (χ3n) is 5.35. The van der Waals surface area contributed by atoms with Crippen LogP contribution >= 0.6 is 11.8 Å². The van der Waals surface area contributed by atoms with Crippen LogP contribution in [0, 0.1) is 13.8 Å². The number of aromatic hydroxyl groups is 1. The number of hydrogen-bond acceptors (Lipinski definition) is 8. The molecule has 0 spiro atoms. The lowest BCUT2D eigenvalue weighted by Crippen LogP contribution is -2.29. The van der Waals surface area contributed by atoms with E-state index in [1.54, 1.807) is 24.3 Å². The van der Waals surface area contributed by atoms with Gasteiger partial charge in [-0.1, -0.05) is 59.3 Å². The number of amidine groups is 1. The molecule has 0 radical (unpaired) electrons. The number of aryl methyl sites for hydroxylation is 2. The highest BCUT2D eigenvalue weighted by atomic mass is 32.2. The molecule has 0 aliphatic carbocycles. The van der Waals surface area contributed by atoms with Gasteiger partial charge in [-0.05, 0) is 31.5 Å². The minimum atomic E-state index is -1.01. The van der Waals surface area contributed by atoms with E-state index in [9.17, 15) is 24.3 Å². The Bertz CT molecular complexity index is 1510. The summed E-state index contributed by atoms with van der Waals surface area (Å²) in [4.78, 5) is 66.9. The minimum absolute atomic E-state index is 0.0803. The molecule has 2 atom stereocenters. The fourth-order valence-corrected chi connectivity index (χ4v) is 4.52. The van der Waals surface area contributed by atoms with Crippen molar-refractivity contribution in [3.05, 3.63) is 91.6 Å². The maximum Gasteiger partial charge on any atom is 0.328 e. The van der Waals surface area contributed by atoms with Gasteiger partial charge < -0.3 is 20.8 Å². The highest BCUT2D eigenvalue weighted by Crippen LogP contribution is 2.32. The Morgan fingerprint density at radius 2 is 1.56 bits per heavy atom. The van der Waals surface area contributed by atoms with Crippen molar-refractivity contribution < 1.29 is 24.6 Å². The molecule has 2 amide bonds. The number of benzene rings is 2. The van der Waals surface area contributed by atoms with Gasteiger partial charge in [0.05, 0.1) is 0 Å². The van der Waals surface area contributed by atoms with Crippen LogP contribution in [0.25, 0.3) is 0 Å². The van der Waals surface area contributed by atoms with Crippen LogP contribution in [0.15, 0.2) is 63.1 Å². The van der Waals surface area contributed by atoms with E-state index in [1.165, 1.54) is 0 Å².